The van der Waals surface area contributed by atoms with E-state index in [2.05, 4.69) is 64.7 Å². The average Bonchev–Trinajstić information content (AvgIpc) is 3.75. The number of benzene rings is 1. The van der Waals surface area contributed by atoms with Gasteiger partial charge in [-0.25, -0.2) is 9.97 Å². The number of fused-ring (bicyclic) bond motifs is 1. The number of imidazole rings is 2. The number of nitrogens with one attached hydrogen (secondary N) is 2. The number of aryl methyl sites for hydroxylation is 2. The SMILES string of the molecule is CCn1nnc([C@H]2O[C@@H](n3cnc4c(NCc5cccc(I)c5)nc(NCCc5cn(C)cn5)nc43)C(O)[C@@H]2O)n1. The van der Waals surface area contributed by atoms with Crippen LogP contribution < -0.4 is 10.6 Å². The van der Waals surface area contributed by atoms with Gasteiger partial charge in [0.25, 0.3) is 0 Å². The first-order valence-electron chi connectivity index (χ1n) is 13.1. The molecule has 16 heteroatoms. The normalized spacial score (nSPS) is 20.6. The van der Waals surface area contributed by atoms with E-state index in [-0.39, 0.29) is 5.82 Å². The Hall–Kier alpha value is -3.74. The standard InChI is InChI=1S/C25H29IN12O3/c1-3-38-34-22(33-35-38)20-18(39)19(40)24(41-20)37-13-30-17-21(28-10-14-5-4-6-15(26)9-14)31-25(32-23(17)37)27-8-7-16-11-36(2)12-29-16/h4-6,9,11-13,18-20,24,39-40H,3,7-8,10H2,1-2H3,(H2,27,28,31,32)/t18-,19?,20-,24+/m0/s1. The van der Waals surface area contributed by atoms with E-state index in [9.17, 15) is 10.2 Å². The molecule has 0 aliphatic carbocycles. The molecule has 4 atom stereocenters. The first-order chi connectivity index (χ1) is 19.9. The van der Waals surface area contributed by atoms with Gasteiger partial charge < -0.3 is 30.2 Å². The van der Waals surface area contributed by atoms with Gasteiger partial charge in [-0.1, -0.05) is 12.1 Å². The van der Waals surface area contributed by atoms with Gasteiger partial charge in [-0.3, -0.25) is 4.57 Å². The van der Waals surface area contributed by atoms with Crippen LogP contribution in [-0.4, -0.2) is 78.2 Å². The molecule has 6 rings (SSSR count). The molecule has 1 aliphatic heterocycles. The Balaban J connectivity index is 1.30. The van der Waals surface area contributed by atoms with E-state index in [0.29, 0.717) is 49.0 Å². The number of rotatable bonds is 10. The van der Waals surface area contributed by atoms with Crippen molar-refractivity contribution in [2.24, 2.45) is 7.05 Å². The van der Waals surface area contributed by atoms with Gasteiger partial charge in [0.2, 0.25) is 11.8 Å². The zero-order valence-corrected chi connectivity index (χ0v) is 24.5. The lowest BCUT2D eigenvalue weighted by Crippen LogP contribution is -2.29. The van der Waals surface area contributed by atoms with Crippen molar-refractivity contribution in [3.05, 3.63) is 63.8 Å². The molecule has 214 valence electrons. The number of aromatic nitrogens is 10. The number of nitrogens with zero attached hydrogens (tertiary/aromatic N) is 10. The summed E-state index contributed by atoms with van der Waals surface area (Å²) in [6, 6.07) is 8.15. The van der Waals surface area contributed by atoms with Gasteiger partial charge in [0, 0.05) is 36.3 Å². The maximum atomic E-state index is 11.0. The number of aliphatic hydroxyl groups is 2. The number of halogens is 1. The van der Waals surface area contributed by atoms with E-state index in [4.69, 9.17) is 14.7 Å². The van der Waals surface area contributed by atoms with Gasteiger partial charge in [-0.2, -0.15) is 14.8 Å². The van der Waals surface area contributed by atoms with Crippen LogP contribution >= 0.6 is 22.6 Å². The highest BCUT2D eigenvalue weighted by Gasteiger charge is 2.47. The van der Waals surface area contributed by atoms with Crippen LogP contribution in [-0.2, 0) is 31.3 Å². The van der Waals surface area contributed by atoms with Crippen LogP contribution in [0.5, 0.6) is 0 Å². The third-order valence-electron chi connectivity index (χ3n) is 6.71. The summed E-state index contributed by atoms with van der Waals surface area (Å²) in [5.41, 5.74) is 2.95. The molecule has 0 spiro atoms. The summed E-state index contributed by atoms with van der Waals surface area (Å²) in [4.78, 5) is 19.7. The Kier molecular flexibility index (Phi) is 7.78. The second-order valence-corrected chi connectivity index (χ2v) is 10.9. The van der Waals surface area contributed by atoms with Crippen molar-refractivity contribution in [2.45, 2.75) is 51.0 Å². The molecule has 0 saturated carbocycles. The summed E-state index contributed by atoms with van der Waals surface area (Å²) in [6.07, 6.45) is 1.40. The second kappa shape index (κ2) is 11.6. The zero-order valence-electron chi connectivity index (χ0n) is 22.3. The lowest BCUT2D eigenvalue weighted by atomic mass is 10.1. The van der Waals surface area contributed by atoms with Gasteiger partial charge in [0.1, 0.15) is 12.2 Å². The predicted molar refractivity (Wildman–Crippen MR) is 156 cm³/mol. The summed E-state index contributed by atoms with van der Waals surface area (Å²) in [5.74, 6) is 1.08. The molecule has 5 aromatic rings. The van der Waals surface area contributed by atoms with Crippen LogP contribution in [0, 0.1) is 3.57 Å². The van der Waals surface area contributed by atoms with Crippen molar-refractivity contribution in [1.29, 1.82) is 0 Å². The zero-order chi connectivity index (χ0) is 28.5. The highest BCUT2D eigenvalue weighted by atomic mass is 127. The van der Waals surface area contributed by atoms with E-state index in [1.54, 1.807) is 10.9 Å². The maximum Gasteiger partial charge on any atom is 0.226 e. The topological polar surface area (TPSA) is 179 Å². The third-order valence-corrected chi connectivity index (χ3v) is 7.38. The monoisotopic (exact) mass is 672 g/mol. The molecule has 0 bridgehead atoms. The fraction of sp³-hybridized carbons (Fsp3) is 0.400. The van der Waals surface area contributed by atoms with Crippen LogP contribution in [0.25, 0.3) is 11.2 Å². The minimum absolute atomic E-state index is 0.191. The molecule has 0 amide bonds. The Morgan fingerprint density at radius 2 is 1.98 bits per heavy atom. The highest BCUT2D eigenvalue weighted by Crippen LogP contribution is 2.39. The van der Waals surface area contributed by atoms with Crippen LogP contribution in [0.15, 0.2) is 43.1 Å². The molecule has 41 heavy (non-hydrogen) atoms. The number of tetrazole rings is 1. The van der Waals surface area contributed by atoms with Gasteiger partial charge >= 0.3 is 0 Å². The summed E-state index contributed by atoms with van der Waals surface area (Å²) < 4.78 is 10.7. The molecule has 15 nitrogen and oxygen atoms in total. The van der Waals surface area contributed by atoms with Crippen molar-refractivity contribution in [1.82, 2.24) is 49.3 Å². The molecule has 1 unspecified atom stereocenters. The Bertz CT molecular complexity index is 1650. The largest absolute Gasteiger partial charge is 0.387 e. The van der Waals surface area contributed by atoms with E-state index in [1.165, 1.54) is 11.1 Å². The summed E-state index contributed by atoms with van der Waals surface area (Å²) in [6.45, 7) is 3.46. The first kappa shape index (κ1) is 27.4. The lowest BCUT2D eigenvalue weighted by molar-refractivity contribution is -0.0384. The minimum Gasteiger partial charge on any atom is -0.387 e. The Morgan fingerprint density at radius 1 is 1.10 bits per heavy atom. The average molecular weight is 672 g/mol. The number of hydrogen-bond acceptors (Lipinski definition) is 12. The molecule has 1 saturated heterocycles. The third kappa shape index (κ3) is 5.72. The lowest BCUT2D eigenvalue weighted by Gasteiger charge is -2.17. The molecule has 4 aromatic heterocycles. The number of aliphatic hydroxyl groups excluding tert-OH is 2. The molecule has 1 fully saturated rings. The fourth-order valence-electron chi connectivity index (χ4n) is 4.64. The molecule has 1 aromatic carbocycles. The summed E-state index contributed by atoms with van der Waals surface area (Å²) in [5, 5.41) is 40.6. The van der Waals surface area contributed by atoms with Crippen molar-refractivity contribution < 1.29 is 14.9 Å². The Labute approximate surface area is 248 Å². The molecule has 5 heterocycles. The Morgan fingerprint density at radius 3 is 2.73 bits per heavy atom. The molecule has 1 aliphatic rings. The number of ether oxygens (including phenoxy) is 1. The van der Waals surface area contributed by atoms with E-state index in [0.717, 1.165) is 14.8 Å². The number of hydrogen-bond donors (Lipinski definition) is 4. The van der Waals surface area contributed by atoms with Crippen LogP contribution in [0.3, 0.4) is 0 Å². The molecule has 0 radical (unpaired) electrons. The number of anilines is 2. The van der Waals surface area contributed by atoms with Crippen molar-refractivity contribution in [3.8, 4) is 0 Å². The van der Waals surface area contributed by atoms with Gasteiger partial charge in [0.05, 0.1) is 24.9 Å². The van der Waals surface area contributed by atoms with Crippen molar-refractivity contribution in [3.63, 3.8) is 0 Å². The van der Waals surface area contributed by atoms with E-state index in [1.807, 2.05) is 42.9 Å². The van der Waals surface area contributed by atoms with Gasteiger partial charge in [0.15, 0.2) is 29.3 Å². The fourth-order valence-corrected chi connectivity index (χ4v) is 5.25. The van der Waals surface area contributed by atoms with E-state index >= 15 is 0 Å². The minimum atomic E-state index is -1.29. The quantitative estimate of drug-likeness (QED) is 0.157. The molecular formula is C25H29IN12O3. The van der Waals surface area contributed by atoms with Crippen molar-refractivity contribution in [2.75, 3.05) is 17.2 Å². The maximum absolute atomic E-state index is 11.0. The predicted octanol–water partition coefficient (Wildman–Crippen LogP) is 1.43. The molecule has 4 N–H and O–H groups in total. The van der Waals surface area contributed by atoms with Gasteiger partial charge in [-0.15, -0.1) is 10.2 Å². The van der Waals surface area contributed by atoms with Crippen LogP contribution in [0.4, 0.5) is 11.8 Å². The van der Waals surface area contributed by atoms with Crippen LogP contribution in [0.2, 0.25) is 0 Å². The smallest absolute Gasteiger partial charge is 0.226 e. The van der Waals surface area contributed by atoms with Crippen LogP contribution in [0.1, 0.15) is 36.3 Å². The van der Waals surface area contributed by atoms with Gasteiger partial charge in [-0.05, 0) is 52.4 Å². The highest BCUT2D eigenvalue weighted by molar-refractivity contribution is 14.1. The molecular weight excluding hydrogens is 643 g/mol. The summed E-state index contributed by atoms with van der Waals surface area (Å²) in [7, 11) is 1.93. The second-order valence-electron chi connectivity index (χ2n) is 9.68. The summed E-state index contributed by atoms with van der Waals surface area (Å²) >= 11 is 2.28. The van der Waals surface area contributed by atoms with E-state index < -0.39 is 24.5 Å². The van der Waals surface area contributed by atoms with Crippen molar-refractivity contribution >= 4 is 45.5 Å². The first-order valence-corrected chi connectivity index (χ1v) is 14.2.